The molecule has 12 unspecified atom stereocenters. The van der Waals surface area contributed by atoms with E-state index < -0.39 is 23.4 Å². The minimum atomic E-state index is -0.788. The molecule has 5 aliphatic carbocycles. The molecule has 12 atom stereocenters. The normalized spacial score (nSPS) is 60.9. The van der Waals surface area contributed by atoms with Crippen LogP contribution < -0.4 is 0 Å². The lowest BCUT2D eigenvalue weighted by atomic mass is 9.41. The summed E-state index contributed by atoms with van der Waals surface area (Å²) >= 11 is 0. The van der Waals surface area contributed by atoms with Crippen molar-refractivity contribution in [1.82, 2.24) is 0 Å². The van der Waals surface area contributed by atoms with Crippen LogP contribution in [0.25, 0.3) is 0 Å². The SMILES string of the molecule is CC(C)(O)C1COC(C)(C2C(O)CC3(C)C4CC(O)C5C(C)(C)C(O)CCC56CC46CCC23C)C1. The van der Waals surface area contributed by atoms with Gasteiger partial charge in [0.25, 0.3) is 0 Å². The highest BCUT2D eigenvalue weighted by Crippen LogP contribution is 2.89. The van der Waals surface area contributed by atoms with Crippen molar-refractivity contribution in [3.63, 3.8) is 0 Å². The van der Waals surface area contributed by atoms with E-state index in [1.807, 2.05) is 13.8 Å². The second kappa shape index (κ2) is 6.86. The summed E-state index contributed by atoms with van der Waals surface area (Å²) in [7, 11) is 0. The Bertz CT molecular complexity index is 911. The molecule has 6 fully saturated rings. The molecule has 5 heteroatoms. The van der Waals surface area contributed by atoms with Gasteiger partial charge in [-0.05, 0) is 111 Å². The lowest BCUT2D eigenvalue weighted by Crippen LogP contribution is -2.62. The van der Waals surface area contributed by atoms with Gasteiger partial charge in [0.1, 0.15) is 0 Å². The van der Waals surface area contributed by atoms with Crippen molar-refractivity contribution < 1.29 is 25.2 Å². The molecule has 6 rings (SSSR count). The first-order valence-corrected chi connectivity index (χ1v) is 14.4. The Hall–Kier alpha value is -0.200. The van der Waals surface area contributed by atoms with E-state index in [1.165, 1.54) is 6.42 Å². The van der Waals surface area contributed by atoms with Crippen LogP contribution in [0.5, 0.6) is 0 Å². The first-order chi connectivity index (χ1) is 16.0. The molecule has 0 aromatic rings. The van der Waals surface area contributed by atoms with E-state index in [0.29, 0.717) is 12.5 Å². The monoisotopic (exact) mass is 490 g/mol. The maximum atomic E-state index is 11.7. The van der Waals surface area contributed by atoms with Crippen LogP contribution in [0.1, 0.15) is 99.8 Å². The fraction of sp³-hybridized carbons (Fsp3) is 1.00. The first kappa shape index (κ1) is 25.1. The first-order valence-electron chi connectivity index (χ1n) is 14.4. The molecule has 4 N–H and O–H groups in total. The van der Waals surface area contributed by atoms with E-state index in [0.717, 1.165) is 44.9 Å². The van der Waals surface area contributed by atoms with Gasteiger partial charge in [-0.3, -0.25) is 0 Å². The largest absolute Gasteiger partial charge is 0.393 e. The Morgan fingerprint density at radius 1 is 0.800 bits per heavy atom. The van der Waals surface area contributed by atoms with Gasteiger partial charge < -0.3 is 25.2 Å². The van der Waals surface area contributed by atoms with E-state index >= 15 is 0 Å². The molecule has 0 radical (unpaired) electrons. The molecule has 0 aromatic heterocycles. The second-order valence-electron chi connectivity index (χ2n) is 16.0. The van der Waals surface area contributed by atoms with Gasteiger partial charge in [0, 0.05) is 11.8 Å². The maximum absolute atomic E-state index is 11.7. The third kappa shape index (κ3) is 2.78. The van der Waals surface area contributed by atoms with Crippen molar-refractivity contribution in [2.75, 3.05) is 6.61 Å². The number of hydrogen-bond acceptors (Lipinski definition) is 5. The molecular formula is C30H50O5. The number of aliphatic hydroxyl groups is 4. The van der Waals surface area contributed by atoms with Crippen LogP contribution in [0.2, 0.25) is 0 Å². The molecule has 1 heterocycles. The summed E-state index contributed by atoms with van der Waals surface area (Å²) in [5.41, 5.74) is -1.26. The molecule has 200 valence electrons. The van der Waals surface area contributed by atoms with E-state index in [-0.39, 0.29) is 50.9 Å². The number of hydrogen-bond donors (Lipinski definition) is 4. The summed E-state index contributed by atoms with van der Waals surface area (Å²) in [5.74, 6) is 0.651. The van der Waals surface area contributed by atoms with Crippen LogP contribution in [-0.4, -0.2) is 56.5 Å². The van der Waals surface area contributed by atoms with E-state index in [4.69, 9.17) is 4.74 Å². The Labute approximate surface area is 212 Å². The highest BCUT2D eigenvalue weighted by atomic mass is 16.5. The Balaban J connectivity index is 1.37. The van der Waals surface area contributed by atoms with Gasteiger partial charge in [-0.1, -0.05) is 27.7 Å². The summed E-state index contributed by atoms with van der Waals surface area (Å²) < 4.78 is 6.51. The summed E-state index contributed by atoms with van der Waals surface area (Å²) in [5, 5.41) is 45.0. The molecule has 0 aromatic carbocycles. The molecular weight excluding hydrogens is 440 g/mol. The van der Waals surface area contributed by atoms with Crippen LogP contribution in [0.3, 0.4) is 0 Å². The lowest BCUT2D eigenvalue weighted by molar-refractivity contribution is -0.206. The van der Waals surface area contributed by atoms with E-state index in [2.05, 4.69) is 34.6 Å². The third-order valence-corrected chi connectivity index (χ3v) is 13.9. The van der Waals surface area contributed by atoms with Crippen LogP contribution in [0.15, 0.2) is 0 Å². The van der Waals surface area contributed by atoms with Gasteiger partial charge in [0.15, 0.2) is 0 Å². The summed E-state index contributed by atoms with van der Waals surface area (Å²) in [6.07, 6.45) is 6.47. The van der Waals surface area contributed by atoms with Gasteiger partial charge in [0.05, 0.1) is 36.1 Å². The van der Waals surface area contributed by atoms with E-state index in [9.17, 15) is 20.4 Å². The Morgan fingerprint density at radius 3 is 2.11 bits per heavy atom. The molecule has 5 nitrogen and oxygen atoms in total. The minimum Gasteiger partial charge on any atom is -0.393 e. The van der Waals surface area contributed by atoms with Crippen LogP contribution in [-0.2, 0) is 4.74 Å². The lowest BCUT2D eigenvalue weighted by Gasteiger charge is -2.64. The zero-order valence-corrected chi connectivity index (χ0v) is 23.1. The Kier molecular flexibility index (Phi) is 4.92. The smallest absolute Gasteiger partial charge is 0.0717 e. The second-order valence-corrected chi connectivity index (χ2v) is 16.0. The number of rotatable bonds is 2. The average molecular weight is 491 g/mol. The number of ether oxygens (including phenoxy) is 1. The predicted octanol–water partition coefficient (Wildman–Crippen LogP) is 4.29. The van der Waals surface area contributed by atoms with Crippen LogP contribution in [0.4, 0.5) is 0 Å². The average Bonchev–Trinajstić information content (AvgIpc) is 3.08. The zero-order valence-electron chi connectivity index (χ0n) is 23.1. The van der Waals surface area contributed by atoms with Crippen molar-refractivity contribution in [1.29, 1.82) is 0 Å². The van der Waals surface area contributed by atoms with E-state index in [1.54, 1.807) is 0 Å². The van der Waals surface area contributed by atoms with Crippen molar-refractivity contribution >= 4 is 0 Å². The van der Waals surface area contributed by atoms with Crippen molar-refractivity contribution in [3.05, 3.63) is 0 Å². The van der Waals surface area contributed by atoms with Crippen molar-refractivity contribution in [2.45, 2.75) is 129 Å². The highest BCUT2D eigenvalue weighted by molar-refractivity contribution is 5.33. The van der Waals surface area contributed by atoms with Crippen molar-refractivity contribution in [3.8, 4) is 0 Å². The summed E-state index contributed by atoms with van der Waals surface area (Å²) in [6, 6.07) is 0. The van der Waals surface area contributed by atoms with Gasteiger partial charge >= 0.3 is 0 Å². The van der Waals surface area contributed by atoms with Gasteiger partial charge in [-0.15, -0.1) is 0 Å². The minimum absolute atomic E-state index is 0.0267. The molecule has 2 spiro atoms. The van der Waals surface area contributed by atoms with Crippen LogP contribution in [0, 0.1) is 50.7 Å². The molecule has 5 saturated carbocycles. The zero-order chi connectivity index (χ0) is 25.6. The molecule has 1 saturated heterocycles. The third-order valence-electron chi connectivity index (χ3n) is 13.9. The summed E-state index contributed by atoms with van der Waals surface area (Å²) in [4.78, 5) is 0. The molecule has 1 aliphatic heterocycles. The van der Waals surface area contributed by atoms with Gasteiger partial charge in [-0.25, -0.2) is 0 Å². The highest BCUT2D eigenvalue weighted by Gasteiger charge is 2.84. The number of aliphatic hydroxyl groups excluding tert-OH is 3. The topological polar surface area (TPSA) is 90.2 Å². The quantitative estimate of drug-likeness (QED) is 0.464. The van der Waals surface area contributed by atoms with Crippen molar-refractivity contribution in [2.24, 2.45) is 50.7 Å². The maximum Gasteiger partial charge on any atom is 0.0717 e. The van der Waals surface area contributed by atoms with Gasteiger partial charge in [-0.2, -0.15) is 0 Å². The summed E-state index contributed by atoms with van der Waals surface area (Å²) in [6.45, 7) is 15.7. The Morgan fingerprint density at radius 2 is 1.49 bits per heavy atom. The molecule has 0 bridgehead atoms. The van der Waals surface area contributed by atoms with Crippen LogP contribution >= 0.6 is 0 Å². The molecule has 35 heavy (non-hydrogen) atoms. The predicted molar refractivity (Wildman–Crippen MR) is 134 cm³/mol. The molecule has 0 amide bonds. The standard InChI is InChI=1S/C30H50O5/c1-24(2)21(33)8-9-30-16-29(30)11-10-26(5)23(28(7)13-17(15-35-28)25(3,4)34)19(32)14-27(26,6)20(29)12-18(31)22(24)30/h17-23,31-34H,8-16H2,1-7H3. The fourth-order valence-electron chi connectivity index (χ4n) is 12.1. The fourth-order valence-corrected chi connectivity index (χ4v) is 12.1. The van der Waals surface area contributed by atoms with Gasteiger partial charge in [0.2, 0.25) is 0 Å². The number of fused-ring (bicyclic) bond motifs is 2. The molecule has 6 aliphatic rings.